The Balaban J connectivity index is 1.79. The van der Waals surface area contributed by atoms with Gasteiger partial charge in [0.1, 0.15) is 5.75 Å². The molecule has 2 N–H and O–H groups in total. The largest absolute Gasteiger partial charge is 0.496 e. The Morgan fingerprint density at radius 2 is 1.96 bits per heavy atom. The summed E-state index contributed by atoms with van der Waals surface area (Å²) >= 11 is 1.14. The molecule has 4 aromatic rings. The Kier molecular flexibility index (Phi) is 4.62. The van der Waals surface area contributed by atoms with Gasteiger partial charge in [-0.1, -0.05) is 5.10 Å². The van der Waals surface area contributed by atoms with Crippen LogP contribution in [0.3, 0.4) is 0 Å². The number of hydrogen-bond acceptors (Lipinski definition) is 8. The van der Waals surface area contributed by atoms with Crippen molar-refractivity contribution < 1.29 is 14.3 Å². The number of nitrogens with zero attached hydrogens (tertiary/aromatic N) is 4. The first-order valence-electron chi connectivity index (χ1n) is 8.26. The van der Waals surface area contributed by atoms with Crippen LogP contribution >= 0.6 is 11.3 Å². The highest BCUT2D eigenvalue weighted by molar-refractivity contribution is 7.17. The maximum atomic E-state index is 12.9. The molecule has 0 radical (unpaired) electrons. The molecule has 0 aliphatic carbocycles. The van der Waals surface area contributed by atoms with E-state index in [1.807, 2.05) is 25.1 Å². The summed E-state index contributed by atoms with van der Waals surface area (Å²) in [6.45, 7) is 1.86. The topological polar surface area (TPSA) is 115 Å². The number of H-pyrrole nitrogens is 1. The van der Waals surface area contributed by atoms with Crippen molar-refractivity contribution in [1.82, 2.24) is 25.4 Å². The molecule has 9 nitrogen and oxygen atoms in total. The van der Waals surface area contributed by atoms with E-state index >= 15 is 0 Å². The van der Waals surface area contributed by atoms with E-state index in [2.05, 4.69) is 30.7 Å². The lowest BCUT2D eigenvalue weighted by Crippen LogP contribution is -2.14. The summed E-state index contributed by atoms with van der Waals surface area (Å²) < 4.78 is 10.6. The van der Waals surface area contributed by atoms with E-state index in [0.717, 1.165) is 33.5 Å². The molecule has 3 heterocycles. The summed E-state index contributed by atoms with van der Waals surface area (Å²) in [6.07, 6.45) is 3.25. The molecule has 28 heavy (non-hydrogen) atoms. The van der Waals surface area contributed by atoms with E-state index in [9.17, 15) is 4.79 Å². The fraction of sp³-hybridized carbons (Fsp3) is 0.167. The number of hydrogen-bond donors (Lipinski definition) is 2. The fourth-order valence-electron chi connectivity index (χ4n) is 2.82. The van der Waals surface area contributed by atoms with Crippen molar-refractivity contribution in [3.63, 3.8) is 0 Å². The minimum absolute atomic E-state index is 0.337. The summed E-state index contributed by atoms with van der Waals surface area (Å²) in [5.41, 5.74) is 3.44. The van der Waals surface area contributed by atoms with Gasteiger partial charge < -0.3 is 9.47 Å². The normalized spacial score (nSPS) is 10.8. The number of carbonyl (C=O) groups excluding carboxylic acids is 1. The highest BCUT2D eigenvalue weighted by Crippen LogP contribution is 2.36. The molecule has 0 saturated heterocycles. The number of anilines is 1. The van der Waals surface area contributed by atoms with E-state index in [0.29, 0.717) is 27.2 Å². The van der Waals surface area contributed by atoms with Crippen LogP contribution in [-0.4, -0.2) is 45.5 Å². The van der Waals surface area contributed by atoms with Crippen LogP contribution in [0, 0.1) is 6.92 Å². The minimum Gasteiger partial charge on any atom is -0.496 e. The van der Waals surface area contributed by atoms with Crippen molar-refractivity contribution in [2.45, 2.75) is 6.92 Å². The van der Waals surface area contributed by atoms with Gasteiger partial charge in [0.05, 0.1) is 31.5 Å². The van der Waals surface area contributed by atoms with Gasteiger partial charge in [-0.05, 0) is 36.5 Å². The van der Waals surface area contributed by atoms with Crippen LogP contribution in [0.1, 0.15) is 16.1 Å². The number of aromatic amines is 1. The zero-order chi connectivity index (χ0) is 19.7. The number of methoxy groups -OCH3 is 2. The number of benzene rings is 1. The Hall–Kier alpha value is -3.53. The molecule has 0 bridgehead atoms. The first-order valence-corrected chi connectivity index (χ1v) is 9.07. The first-order chi connectivity index (χ1) is 13.6. The fourth-order valence-corrected chi connectivity index (χ4v) is 3.38. The van der Waals surface area contributed by atoms with Crippen molar-refractivity contribution in [3.05, 3.63) is 41.9 Å². The zero-order valence-electron chi connectivity index (χ0n) is 15.3. The summed E-state index contributed by atoms with van der Waals surface area (Å²) in [5.74, 6) is 0.277. The van der Waals surface area contributed by atoms with Crippen LogP contribution in [-0.2, 0) is 0 Å². The number of fused-ring (bicyclic) bond motifs is 1. The van der Waals surface area contributed by atoms with Gasteiger partial charge >= 0.3 is 0 Å². The van der Waals surface area contributed by atoms with Crippen LogP contribution in [0.4, 0.5) is 5.13 Å². The number of ether oxygens (including phenoxy) is 2. The Morgan fingerprint density at radius 1 is 1.11 bits per heavy atom. The number of nitrogens with one attached hydrogen (secondary N) is 2. The number of aryl methyl sites for hydroxylation is 1. The van der Waals surface area contributed by atoms with Crippen molar-refractivity contribution in [2.75, 3.05) is 19.5 Å². The van der Waals surface area contributed by atoms with E-state index in [1.165, 1.54) is 13.3 Å². The lowest BCUT2D eigenvalue weighted by atomic mass is 9.98. The number of rotatable bonds is 5. The van der Waals surface area contributed by atoms with Gasteiger partial charge in [0.2, 0.25) is 5.13 Å². The van der Waals surface area contributed by atoms with Gasteiger partial charge in [-0.2, -0.15) is 5.10 Å². The number of aromatic nitrogens is 5. The van der Waals surface area contributed by atoms with E-state index in [-0.39, 0.29) is 5.91 Å². The maximum absolute atomic E-state index is 12.9. The van der Waals surface area contributed by atoms with E-state index in [1.54, 1.807) is 13.3 Å². The molecule has 1 aromatic carbocycles. The van der Waals surface area contributed by atoms with Crippen LogP contribution in [0.5, 0.6) is 10.9 Å². The van der Waals surface area contributed by atoms with Gasteiger partial charge in [0.15, 0.2) is 0 Å². The molecule has 0 unspecified atom stereocenters. The predicted molar refractivity (Wildman–Crippen MR) is 105 cm³/mol. The molecule has 0 atom stereocenters. The summed E-state index contributed by atoms with van der Waals surface area (Å²) in [4.78, 5) is 17.2. The second kappa shape index (κ2) is 7.24. The van der Waals surface area contributed by atoms with Gasteiger partial charge in [-0.15, -0.1) is 5.10 Å². The van der Waals surface area contributed by atoms with Gasteiger partial charge in [0.25, 0.3) is 11.1 Å². The highest BCUT2D eigenvalue weighted by Gasteiger charge is 2.19. The van der Waals surface area contributed by atoms with Gasteiger partial charge in [0, 0.05) is 28.4 Å². The molecule has 3 aromatic heterocycles. The van der Waals surface area contributed by atoms with Crippen LogP contribution < -0.4 is 14.8 Å². The van der Waals surface area contributed by atoms with Gasteiger partial charge in [-0.3, -0.25) is 20.2 Å². The van der Waals surface area contributed by atoms with Crippen LogP contribution in [0.15, 0.2) is 30.6 Å². The standard InChI is InChI=1S/C18H16N6O3S/c1-9-4-11(12-6-14-10(7-20-22-14)5-15(12)26-2)13(8-19-9)16(25)21-17-23-24-18(27-3)28-17/h4-8H,1-3H3,(H,20,22)(H,21,23,25). The van der Waals surface area contributed by atoms with Crippen molar-refractivity contribution in [1.29, 1.82) is 0 Å². The molecular formula is C18H16N6O3S. The molecule has 0 fully saturated rings. The number of amides is 1. The minimum atomic E-state index is -0.354. The highest BCUT2D eigenvalue weighted by atomic mass is 32.1. The van der Waals surface area contributed by atoms with Crippen molar-refractivity contribution in [2.24, 2.45) is 0 Å². The van der Waals surface area contributed by atoms with E-state index < -0.39 is 0 Å². The Morgan fingerprint density at radius 3 is 2.71 bits per heavy atom. The molecule has 0 saturated carbocycles. The van der Waals surface area contributed by atoms with Crippen molar-refractivity contribution in [3.8, 4) is 22.1 Å². The SMILES string of the molecule is COc1nnc(NC(=O)c2cnc(C)cc2-c2cc3[nH]ncc3cc2OC)s1. The predicted octanol–water partition coefficient (Wildman–Crippen LogP) is 3.05. The number of pyridine rings is 1. The molecular weight excluding hydrogens is 380 g/mol. The summed E-state index contributed by atoms with van der Waals surface area (Å²) in [7, 11) is 3.08. The smallest absolute Gasteiger partial charge is 0.295 e. The first kappa shape index (κ1) is 17.9. The summed E-state index contributed by atoms with van der Waals surface area (Å²) in [6, 6.07) is 5.62. The number of carbonyl (C=O) groups is 1. The third kappa shape index (κ3) is 3.25. The van der Waals surface area contributed by atoms with Gasteiger partial charge in [-0.25, -0.2) is 0 Å². The second-order valence-corrected chi connectivity index (χ2v) is 6.85. The monoisotopic (exact) mass is 396 g/mol. The van der Waals surface area contributed by atoms with Crippen LogP contribution in [0.25, 0.3) is 22.0 Å². The maximum Gasteiger partial charge on any atom is 0.295 e. The van der Waals surface area contributed by atoms with E-state index in [4.69, 9.17) is 9.47 Å². The third-order valence-corrected chi connectivity index (χ3v) is 4.94. The summed E-state index contributed by atoms with van der Waals surface area (Å²) in [5, 5.41) is 19.1. The average molecular weight is 396 g/mol. The lowest BCUT2D eigenvalue weighted by Gasteiger charge is -2.13. The van der Waals surface area contributed by atoms with Crippen molar-refractivity contribution >= 4 is 33.3 Å². The molecule has 0 aliphatic rings. The second-order valence-electron chi connectivity index (χ2n) is 5.91. The molecule has 0 spiro atoms. The van der Waals surface area contributed by atoms with Crippen LogP contribution in [0.2, 0.25) is 0 Å². The molecule has 1 amide bonds. The molecule has 142 valence electrons. The lowest BCUT2D eigenvalue weighted by molar-refractivity contribution is 0.102. The Labute approximate surface area is 163 Å². The molecule has 0 aliphatic heterocycles. The molecule has 10 heteroatoms. The average Bonchev–Trinajstić information content (AvgIpc) is 3.35. The quantitative estimate of drug-likeness (QED) is 0.533. The Bertz CT molecular complexity index is 1170. The molecule has 4 rings (SSSR count). The third-order valence-electron chi connectivity index (χ3n) is 4.14. The zero-order valence-corrected chi connectivity index (χ0v) is 16.1.